The lowest BCUT2D eigenvalue weighted by molar-refractivity contribution is -0.137. The van der Waals surface area contributed by atoms with Gasteiger partial charge in [0.15, 0.2) is 0 Å². The summed E-state index contributed by atoms with van der Waals surface area (Å²) in [7, 11) is 2.17. The number of thioether (sulfide) groups is 1. The quantitative estimate of drug-likeness (QED) is 0.313. The van der Waals surface area contributed by atoms with Gasteiger partial charge in [-0.25, -0.2) is 9.97 Å². The molecule has 2 aliphatic heterocycles. The molecule has 0 radical (unpaired) electrons. The number of carbonyl (C=O) groups is 1. The first-order valence-corrected chi connectivity index (χ1v) is 16.8. The molecule has 12 heteroatoms. The molecule has 3 fully saturated rings. The summed E-state index contributed by atoms with van der Waals surface area (Å²) in [6.07, 6.45) is 0.360. The molecular weight excluding hydrogens is 594 g/mol. The summed E-state index contributed by atoms with van der Waals surface area (Å²) in [5.41, 5.74) is 2.03. The molecule has 2 aromatic heterocycles. The van der Waals surface area contributed by atoms with Crippen LogP contribution in [0.4, 0.5) is 30.5 Å². The number of carbonyl (C=O) groups excluding carboxylic acids is 1. The van der Waals surface area contributed by atoms with Crippen LogP contribution in [-0.4, -0.2) is 76.2 Å². The second-order valence-corrected chi connectivity index (χ2v) is 14.5. The number of alkyl halides is 3. The molecule has 2 saturated carbocycles. The Labute approximate surface area is 257 Å². The number of hydrogen-bond donors (Lipinski definition) is 1. The van der Waals surface area contributed by atoms with Gasteiger partial charge in [-0.3, -0.25) is 9.69 Å². The van der Waals surface area contributed by atoms with Crippen LogP contribution in [0.2, 0.25) is 0 Å². The first kappa shape index (κ1) is 28.9. The average Bonchev–Trinajstić information content (AvgIpc) is 3.90. The van der Waals surface area contributed by atoms with Crippen molar-refractivity contribution in [1.82, 2.24) is 19.8 Å². The largest absolute Gasteiger partial charge is 0.420 e. The van der Waals surface area contributed by atoms with Crippen LogP contribution in [0.25, 0.3) is 10.6 Å². The monoisotopic (exact) mass is 628 g/mol. The number of amides is 1. The summed E-state index contributed by atoms with van der Waals surface area (Å²) in [6, 6.07) is 9.12. The Bertz CT molecular complexity index is 1540. The molecule has 228 valence electrons. The maximum absolute atomic E-state index is 14.2. The first-order chi connectivity index (χ1) is 20.6. The maximum Gasteiger partial charge on any atom is 0.420 e. The normalized spacial score (nSPS) is 23.3. The third kappa shape index (κ3) is 5.73. The lowest BCUT2D eigenvalue weighted by Gasteiger charge is -2.43. The fourth-order valence-corrected chi connectivity index (χ4v) is 8.45. The fourth-order valence-electron chi connectivity index (χ4n) is 6.13. The number of aromatic nitrogens is 2. The van der Waals surface area contributed by atoms with E-state index in [2.05, 4.69) is 58.1 Å². The zero-order chi connectivity index (χ0) is 30.0. The van der Waals surface area contributed by atoms with E-state index in [-0.39, 0.29) is 23.6 Å². The van der Waals surface area contributed by atoms with Crippen molar-refractivity contribution in [3.05, 3.63) is 46.5 Å². The summed E-state index contributed by atoms with van der Waals surface area (Å²) in [6.45, 7) is 7.02. The second kappa shape index (κ2) is 11.0. The molecule has 43 heavy (non-hydrogen) atoms. The number of benzene rings is 1. The number of likely N-dealkylation sites (N-methyl/N-ethyl adjacent to an activating group) is 1. The standard InChI is InChI=1S/C31H35F3N6OS2/c1-17-15-39(16-18(2)38(17)3)21-8-9-24(22(12-21)19-4-5-19)36-30-35-14-23(31(32,33)34)27(37-30)25-13-26-28(43-25)29(41)40(10-11-42-26)20-6-7-20/h8-9,12-14,17-20H,4-7,10-11,15-16H2,1-3H3,(H,35,36,37). The van der Waals surface area contributed by atoms with Crippen molar-refractivity contribution in [2.75, 3.05) is 42.7 Å². The van der Waals surface area contributed by atoms with Crippen LogP contribution in [0.15, 0.2) is 35.4 Å². The lowest BCUT2D eigenvalue weighted by atomic mass is 10.0. The van der Waals surface area contributed by atoms with Gasteiger partial charge in [-0.2, -0.15) is 13.2 Å². The van der Waals surface area contributed by atoms with Crippen LogP contribution in [0.3, 0.4) is 0 Å². The lowest BCUT2D eigenvalue weighted by Crippen LogP contribution is -2.55. The molecule has 2 aliphatic carbocycles. The molecule has 2 atom stereocenters. The van der Waals surface area contributed by atoms with E-state index < -0.39 is 11.7 Å². The highest BCUT2D eigenvalue weighted by atomic mass is 32.2. The minimum absolute atomic E-state index is 0.0852. The molecule has 1 N–H and O–H groups in total. The van der Waals surface area contributed by atoms with Crippen LogP contribution in [-0.2, 0) is 6.18 Å². The summed E-state index contributed by atoms with van der Waals surface area (Å²) >= 11 is 2.63. The van der Waals surface area contributed by atoms with Crippen molar-refractivity contribution < 1.29 is 18.0 Å². The molecule has 3 aromatic rings. The first-order valence-electron chi connectivity index (χ1n) is 15.0. The Morgan fingerprint density at radius 1 is 1.05 bits per heavy atom. The third-order valence-corrected chi connectivity index (χ3v) is 11.4. The molecular formula is C31H35F3N6OS2. The fraction of sp³-hybridized carbons (Fsp3) is 0.516. The van der Waals surface area contributed by atoms with Crippen LogP contribution >= 0.6 is 23.1 Å². The van der Waals surface area contributed by atoms with Crippen LogP contribution in [0.5, 0.6) is 0 Å². The van der Waals surface area contributed by atoms with E-state index in [0.717, 1.165) is 83.9 Å². The van der Waals surface area contributed by atoms with Crippen molar-refractivity contribution in [2.45, 2.75) is 74.6 Å². The predicted molar refractivity (Wildman–Crippen MR) is 166 cm³/mol. The number of thiophene rings is 1. The van der Waals surface area contributed by atoms with Crippen molar-refractivity contribution in [2.24, 2.45) is 0 Å². The molecule has 1 amide bonds. The van der Waals surface area contributed by atoms with Gasteiger partial charge in [0.2, 0.25) is 5.95 Å². The summed E-state index contributed by atoms with van der Waals surface area (Å²) < 4.78 is 42.6. The van der Waals surface area contributed by atoms with Crippen molar-refractivity contribution in [1.29, 1.82) is 0 Å². The van der Waals surface area contributed by atoms with Crippen LogP contribution in [0.1, 0.15) is 66.2 Å². The molecule has 0 bridgehead atoms. The highest BCUT2D eigenvalue weighted by Gasteiger charge is 2.39. The Morgan fingerprint density at radius 3 is 2.47 bits per heavy atom. The van der Waals surface area contributed by atoms with Crippen molar-refractivity contribution >= 4 is 46.3 Å². The van der Waals surface area contributed by atoms with Crippen molar-refractivity contribution in [3.8, 4) is 10.6 Å². The van der Waals surface area contributed by atoms with Crippen molar-refractivity contribution in [3.63, 3.8) is 0 Å². The summed E-state index contributed by atoms with van der Waals surface area (Å²) in [5.74, 6) is 1.16. The van der Waals surface area contributed by atoms with E-state index in [0.29, 0.717) is 34.3 Å². The molecule has 1 aromatic carbocycles. The van der Waals surface area contributed by atoms with E-state index in [1.54, 1.807) is 6.07 Å². The molecule has 2 unspecified atom stereocenters. The number of rotatable bonds is 6. The number of fused-ring (bicyclic) bond motifs is 1. The Kier molecular flexibility index (Phi) is 7.37. The summed E-state index contributed by atoms with van der Waals surface area (Å²) in [5, 5.41) is 3.26. The number of anilines is 3. The predicted octanol–water partition coefficient (Wildman–Crippen LogP) is 7.08. The number of piperazine rings is 1. The maximum atomic E-state index is 14.2. The molecule has 4 heterocycles. The smallest absolute Gasteiger partial charge is 0.368 e. The summed E-state index contributed by atoms with van der Waals surface area (Å²) in [4.78, 5) is 30.1. The van der Waals surface area contributed by atoms with E-state index in [1.807, 2.05) is 11.0 Å². The van der Waals surface area contributed by atoms with Crippen LogP contribution in [0, 0.1) is 0 Å². The Morgan fingerprint density at radius 2 is 1.79 bits per heavy atom. The topological polar surface area (TPSA) is 64.6 Å². The zero-order valence-electron chi connectivity index (χ0n) is 24.4. The Balaban J connectivity index is 1.21. The third-order valence-electron chi connectivity index (χ3n) is 9.08. The Hall–Kier alpha value is -2.83. The zero-order valence-corrected chi connectivity index (χ0v) is 26.1. The van der Waals surface area contributed by atoms with Gasteiger partial charge in [-0.1, -0.05) is 0 Å². The van der Waals surface area contributed by atoms with E-state index in [4.69, 9.17) is 0 Å². The van der Waals surface area contributed by atoms with Gasteiger partial charge in [0.1, 0.15) is 10.4 Å². The molecule has 7 rings (SSSR count). The van der Waals surface area contributed by atoms with Gasteiger partial charge in [-0.05, 0) is 82.3 Å². The van der Waals surface area contributed by atoms with Gasteiger partial charge in [0.05, 0.1) is 10.6 Å². The van der Waals surface area contributed by atoms with Gasteiger partial charge < -0.3 is 15.1 Å². The van der Waals surface area contributed by atoms with E-state index >= 15 is 0 Å². The van der Waals surface area contributed by atoms with Gasteiger partial charge in [-0.15, -0.1) is 23.1 Å². The molecule has 0 spiro atoms. The number of halogens is 3. The van der Waals surface area contributed by atoms with Gasteiger partial charge in [0.25, 0.3) is 5.91 Å². The molecule has 4 aliphatic rings. The minimum atomic E-state index is -4.63. The van der Waals surface area contributed by atoms with Gasteiger partial charge in [0, 0.05) is 66.0 Å². The molecule has 7 nitrogen and oxygen atoms in total. The molecule has 1 saturated heterocycles. The number of nitrogens with zero attached hydrogens (tertiary/aromatic N) is 5. The number of nitrogens with one attached hydrogen (secondary N) is 1. The highest BCUT2D eigenvalue weighted by Crippen LogP contribution is 2.47. The van der Waals surface area contributed by atoms with E-state index in [1.165, 1.54) is 11.8 Å². The highest BCUT2D eigenvalue weighted by molar-refractivity contribution is 7.99. The second-order valence-electron chi connectivity index (χ2n) is 12.3. The van der Waals surface area contributed by atoms with Gasteiger partial charge >= 0.3 is 6.18 Å². The number of hydrogen-bond acceptors (Lipinski definition) is 8. The van der Waals surface area contributed by atoms with E-state index in [9.17, 15) is 18.0 Å². The average molecular weight is 629 g/mol. The van der Waals surface area contributed by atoms with Crippen LogP contribution < -0.4 is 10.2 Å². The minimum Gasteiger partial charge on any atom is -0.368 e. The SMILES string of the molecule is CC1CN(c2ccc(Nc3ncc(C(F)(F)F)c(-c4cc5c(s4)C(=O)N(C4CC4)CCS5)n3)c(C3CC3)c2)CC(C)N1C.